The van der Waals surface area contributed by atoms with Gasteiger partial charge in [0.2, 0.25) is 0 Å². The normalized spacial score (nSPS) is 23.8. The summed E-state index contributed by atoms with van der Waals surface area (Å²) in [7, 11) is 0. The lowest BCUT2D eigenvalue weighted by atomic mass is 9.95. The number of benzene rings is 2. The Morgan fingerprint density at radius 3 is 2.03 bits per heavy atom. The zero-order valence-electron chi connectivity index (χ0n) is 19.5. The molecule has 0 radical (unpaired) electrons. The van der Waals surface area contributed by atoms with Gasteiger partial charge < -0.3 is 9.64 Å². The van der Waals surface area contributed by atoms with Gasteiger partial charge in [0.25, 0.3) is 0 Å². The van der Waals surface area contributed by atoms with Crippen molar-refractivity contribution in [3.8, 4) is 0 Å². The number of nitrogens with zero attached hydrogens (tertiary/aromatic N) is 1. The Kier molecular flexibility index (Phi) is 6.94. The third-order valence-corrected chi connectivity index (χ3v) is 6.74. The fraction of sp³-hybridized carbons (Fsp3) is 0.423. The van der Waals surface area contributed by atoms with Crippen LogP contribution in [0.25, 0.3) is 0 Å². The molecule has 3 nitrogen and oxygen atoms in total. The number of ether oxygens (including phenoxy) is 1. The van der Waals surface area contributed by atoms with Crippen LogP contribution in [0.4, 0.5) is 30.7 Å². The minimum Gasteiger partial charge on any atom is -0.371 e. The number of alkyl halides is 6. The maximum Gasteiger partial charge on any atom is 0.416 e. The second-order valence-electron chi connectivity index (χ2n) is 9.36. The number of allylic oxidation sites excluding steroid dienone is 2. The molecule has 0 aromatic heterocycles. The van der Waals surface area contributed by atoms with Crippen LogP contribution in [0.1, 0.15) is 54.5 Å². The highest BCUT2D eigenvalue weighted by Crippen LogP contribution is 2.40. The molecule has 1 aliphatic carbocycles. The third kappa shape index (κ3) is 5.58. The van der Waals surface area contributed by atoms with E-state index in [1.165, 1.54) is 19.1 Å². The van der Waals surface area contributed by atoms with E-state index in [0.29, 0.717) is 30.7 Å². The molecule has 36 heavy (non-hydrogen) atoms. The Morgan fingerprint density at radius 2 is 1.53 bits per heavy atom. The smallest absolute Gasteiger partial charge is 0.371 e. The zero-order chi connectivity index (χ0) is 26.4. The van der Waals surface area contributed by atoms with Crippen molar-refractivity contribution >= 4 is 5.78 Å². The number of hydrogen-bond acceptors (Lipinski definition) is 3. The molecule has 4 atom stereocenters. The predicted octanol–water partition coefficient (Wildman–Crippen LogP) is 6.90. The summed E-state index contributed by atoms with van der Waals surface area (Å²) in [6.07, 6.45) is -9.57. The molecule has 1 aliphatic heterocycles. The number of rotatable bonds is 5. The highest BCUT2D eigenvalue weighted by Gasteiger charge is 2.40. The van der Waals surface area contributed by atoms with Gasteiger partial charge in [-0.15, -0.1) is 0 Å². The van der Waals surface area contributed by atoms with Crippen LogP contribution in [0.15, 0.2) is 54.2 Å². The number of carbonyl (C=O) groups excluding carboxylic acids is 1. The minimum absolute atomic E-state index is 0.00952. The average molecular weight is 515 g/mol. The van der Waals surface area contributed by atoms with Gasteiger partial charge in [-0.3, -0.25) is 4.79 Å². The Morgan fingerprint density at radius 1 is 0.944 bits per heavy atom. The first-order valence-corrected chi connectivity index (χ1v) is 11.4. The summed E-state index contributed by atoms with van der Waals surface area (Å²) in [6, 6.07) is 7.13. The molecule has 1 saturated heterocycles. The van der Waals surface area contributed by atoms with Gasteiger partial charge in [-0.05, 0) is 54.8 Å². The number of hydrogen-bond donors (Lipinski definition) is 0. The molecule has 2 unspecified atom stereocenters. The fourth-order valence-corrected chi connectivity index (χ4v) is 4.73. The van der Waals surface area contributed by atoms with Gasteiger partial charge in [-0.1, -0.05) is 19.1 Å². The van der Waals surface area contributed by atoms with Gasteiger partial charge in [-0.2, -0.15) is 26.3 Å². The van der Waals surface area contributed by atoms with E-state index in [1.807, 2.05) is 4.90 Å². The van der Waals surface area contributed by atoms with E-state index in [-0.39, 0.29) is 35.8 Å². The van der Waals surface area contributed by atoms with Crippen molar-refractivity contribution in [2.75, 3.05) is 13.1 Å². The lowest BCUT2D eigenvalue weighted by Gasteiger charge is -2.25. The van der Waals surface area contributed by atoms with Crippen molar-refractivity contribution in [2.45, 2.75) is 50.7 Å². The SMILES string of the molecule is C[C@H]1CC(N2CC(O[C@H](C)c3cc(C(F)(F)F)cc(C(F)(F)F)c3)C(c3ccc(F)cc3)C2)=CC1=O. The number of likely N-dealkylation sites (tertiary alicyclic amines) is 1. The average Bonchev–Trinajstić information content (AvgIpc) is 3.35. The Bertz CT molecular complexity index is 1120. The molecule has 2 aromatic carbocycles. The van der Waals surface area contributed by atoms with Gasteiger partial charge in [0.1, 0.15) is 5.82 Å². The second kappa shape index (κ2) is 9.53. The van der Waals surface area contributed by atoms with Crippen molar-refractivity contribution < 1.29 is 40.3 Å². The van der Waals surface area contributed by atoms with Crippen molar-refractivity contribution in [3.05, 3.63) is 82.3 Å². The fourth-order valence-electron chi connectivity index (χ4n) is 4.73. The summed E-state index contributed by atoms with van der Waals surface area (Å²) in [5.41, 5.74) is -1.55. The Hall–Kier alpha value is -2.88. The summed E-state index contributed by atoms with van der Waals surface area (Å²) < 4.78 is 99.6. The molecule has 1 heterocycles. The van der Waals surface area contributed by atoms with Crippen LogP contribution < -0.4 is 0 Å². The van der Waals surface area contributed by atoms with Crippen LogP contribution in [-0.4, -0.2) is 29.9 Å². The maximum atomic E-state index is 13.5. The first-order chi connectivity index (χ1) is 16.7. The highest BCUT2D eigenvalue weighted by molar-refractivity contribution is 5.94. The van der Waals surface area contributed by atoms with Crippen LogP contribution in [0, 0.1) is 11.7 Å². The molecule has 2 aliphatic rings. The van der Waals surface area contributed by atoms with E-state index in [1.54, 1.807) is 25.1 Å². The summed E-state index contributed by atoms with van der Waals surface area (Å²) in [6.45, 7) is 3.90. The highest BCUT2D eigenvalue weighted by atomic mass is 19.4. The zero-order valence-corrected chi connectivity index (χ0v) is 19.5. The van der Waals surface area contributed by atoms with Crippen molar-refractivity contribution in [3.63, 3.8) is 0 Å². The van der Waals surface area contributed by atoms with Gasteiger partial charge in [0, 0.05) is 36.7 Å². The molecule has 2 aromatic rings. The monoisotopic (exact) mass is 515 g/mol. The quantitative estimate of drug-likeness (QED) is 0.406. The molecule has 0 bridgehead atoms. The van der Waals surface area contributed by atoms with Crippen molar-refractivity contribution in [2.24, 2.45) is 5.92 Å². The summed E-state index contributed by atoms with van der Waals surface area (Å²) >= 11 is 0. The maximum absolute atomic E-state index is 13.5. The molecule has 1 fully saturated rings. The van der Waals surface area contributed by atoms with Gasteiger partial charge >= 0.3 is 12.4 Å². The molecule has 0 spiro atoms. The lowest BCUT2D eigenvalue weighted by molar-refractivity contribution is -0.143. The van der Waals surface area contributed by atoms with E-state index in [4.69, 9.17) is 4.74 Å². The van der Waals surface area contributed by atoms with E-state index >= 15 is 0 Å². The molecule has 194 valence electrons. The predicted molar refractivity (Wildman–Crippen MR) is 117 cm³/mol. The lowest BCUT2D eigenvalue weighted by Crippen LogP contribution is -2.25. The molecular weight excluding hydrogens is 491 g/mol. The second-order valence-corrected chi connectivity index (χ2v) is 9.36. The summed E-state index contributed by atoms with van der Waals surface area (Å²) in [5, 5.41) is 0. The van der Waals surface area contributed by atoms with E-state index < -0.39 is 41.5 Å². The Balaban J connectivity index is 1.64. The molecular formula is C26H24F7NO2. The topological polar surface area (TPSA) is 29.5 Å². The minimum atomic E-state index is -4.96. The van der Waals surface area contributed by atoms with Gasteiger partial charge in [0.05, 0.1) is 23.3 Å². The number of ketones is 1. The van der Waals surface area contributed by atoms with E-state index in [9.17, 15) is 35.5 Å². The first kappa shape index (κ1) is 26.2. The van der Waals surface area contributed by atoms with Crippen LogP contribution in [0.5, 0.6) is 0 Å². The van der Waals surface area contributed by atoms with Gasteiger partial charge in [-0.25, -0.2) is 4.39 Å². The largest absolute Gasteiger partial charge is 0.416 e. The third-order valence-electron chi connectivity index (χ3n) is 6.74. The van der Waals surface area contributed by atoms with E-state index in [2.05, 4.69) is 0 Å². The molecule has 0 saturated carbocycles. The van der Waals surface area contributed by atoms with Gasteiger partial charge in [0.15, 0.2) is 5.78 Å². The first-order valence-electron chi connectivity index (χ1n) is 11.4. The van der Waals surface area contributed by atoms with Crippen LogP contribution >= 0.6 is 0 Å². The molecule has 0 amide bonds. The molecule has 4 rings (SSSR count). The summed E-state index contributed by atoms with van der Waals surface area (Å²) in [5.74, 6) is -0.965. The molecule has 0 N–H and O–H groups in total. The number of carbonyl (C=O) groups is 1. The van der Waals surface area contributed by atoms with E-state index in [0.717, 1.165) is 5.70 Å². The molecule has 10 heteroatoms. The van der Waals surface area contributed by atoms with Crippen LogP contribution in [0.3, 0.4) is 0 Å². The van der Waals surface area contributed by atoms with Crippen LogP contribution in [0.2, 0.25) is 0 Å². The van der Waals surface area contributed by atoms with Crippen LogP contribution in [-0.2, 0) is 21.9 Å². The Labute approximate surface area is 203 Å². The standard InChI is InChI=1S/C26H24F7NO2/c1-14-7-21(11-23(14)35)34-12-22(16-3-5-20(27)6-4-16)24(13-34)36-15(2)17-8-18(25(28,29)30)10-19(9-17)26(31,32)33/h3-6,8-11,14-15,22,24H,7,12-13H2,1-2H3/t14-,15+,22?,24?/m0/s1. The van der Waals surface area contributed by atoms with Crippen molar-refractivity contribution in [1.29, 1.82) is 0 Å². The number of halogens is 7. The summed E-state index contributed by atoms with van der Waals surface area (Å²) in [4.78, 5) is 14.0. The van der Waals surface area contributed by atoms with Crippen molar-refractivity contribution in [1.82, 2.24) is 4.90 Å².